The number of amides is 1. The first kappa shape index (κ1) is 20.1. The van der Waals surface area contributed by atoms with Gasteiger partial charge >= 0.3 is 0 Å². The Morgan fingerprint density at radius 1 is 1.17 bits per heavy atom. The van der Waals surface area contributed by atoms with E-state index in [4.69, 9.17) is 16.3 Å². The highest BCUT2D eigenvalue weighted by molar-refractivity contribution is 7.10. The SMILES string of the molecule is COc1cc(/C(O)=C2/C(=O)C(=O)N(c3ccc(F)cc3)C2c2cccs2)ccc1Cl. The van der Waals surface area contributed by atoms with E-state index in [9.17, 15) is 19.1 Å². The van der Waals surface area contributed by atoms with Gasteiger partial charge in [-0.3, -0.25) is 14.5 Å². The molecule has 1 aliphatic rings. The number of carbonyl (C=O) groups excluding carboxylic acids is 2. The van der Waals surface area contributed by atoms with Gasteiger partial charge in [-0.2, -0.15) is 0 Å². The van der Waals surface area contributed by atoms with E-state index < -0.39 is 23.5 Å². The monoisotopic (exact) mass is 443 g/mol. The van der Waals surface area contributed by atoms with Gasteiger partial charge in [0.1, 0.15) is 23.4 Å². The summed E-state index contributed by atoms with van der Waals surface area (Å²) >= 11 is 7.40. The van der Waals surface area contributed by atoms with Crippen LogP contribution in [0.4, 0.5) is 10.1 Å². The van der Waals surface area contributed by atoms with Gasteiger partial charge in [-0.1, -0.05) is 17.7 Å². The first-order valence-electron chi connectivity index (χ1n) is 8.86. The van der Waals surface area contributed by atoms with E-state index >= 15 is 0 Å². The third-order valence-electron chi connectivity index (χ3n) is 4.79. The number of thiophene rings is 1. The van der Waals surface area contributed by atoms with Crippen LogP contribution in [0.25, 0.3) is 5.76 Å². The molecule has 1 unspecified atom stereocenters. The maximum absolute atomic E-state index is 13.4. The number of ether oxygens (including phenoxy) is 1. The molecule has 5 nitrogen and oxygen atoms in total. The van der Waals surface area contributed by atoms with E-state index in [2.05, 4.69) is 0 Å². The van der Waals surface area contributed by atoms with Crippen LogP contribution in [-0.2, 0) is 9.59 Å². The van der Waals surface area contributed by atoms with E-state index in [1.54, 1.807) is 12.1 Å². The number of aliphatic hydroxyl groups is 1. The first-order valence-corrected chi connectivity index (χ1v) is 10.1. The smallest absolute Gasteiger partial charge is 0.300 e. The zero-order valence-electron chi connectivity index (χ0n) is 15.6. The molecule has 0 aliphatic carbocycles. The first-order chi connectivity index (χ1) is 14.4. The Balaban J connectivity index is 1.91. The molecule has 1 saturated heterocycles. The number of rotatable bonds is 4. The lowest BCUT2D eigenvalue weighted by atomic mass is 9.99. The number of anilines is 1. The second-order valence-corrected chi connectivity index (χ2v) is 7.90. The van der Waals surface area contributed by atoms with Gasteiger partial charge in [0.25, 0.3) is 11.7 Å². The maximum Gasteiger partial charge on any atom is 0.300 e. The molecule has 2 heterocycles. The summed E-state index contributed by atoms with van der Waals surface area (Å²) in [5, 5.41) is 13.2. The quantitative estimate of drug-likeness (QED) is 0.343. The van der Waals surface area contributed by atoms with Gasteiger partial charge in [-0.15, -0.1) is 11.3 Å². The molecule has 1 aromatic heterocycles. The van der Waals surface area contributed by atoms with Crippen LogP contribution in [0, 0.1) is 5.82 Å². The summed E-state index contributed by atoms with van der Waals surface area (Å²) in [4.78, 5) is 27.8. The number of hydrogen-bond donors (Lipinski definition) is 1. The molecule has 0 saturated carbocycles. The number of Topliss-reactive ketones (excluding diaryl/α,β-unsaturated/α-hetero) is 1. The third kappa shape index (κ3) is 3.36. The maximum atomic E-state index is 13.4. The van der Waals surface area contributed by atoms with Gasteiger partial charge in [-0.05, 0) is 53.9 Å². The van der Waals surface area contributed by atoms with E-state index in [0.717, 1.165) is 0 Å². The summed E-state index contributed by atoms with van der Waals surface area (Å²) in [5.74, 6) is -2.12. The van der Waals surface area contributed by atoms with Crippen molar-refractivity contribution in [1.82, 2.24) is 0 Å². The fourth-order valence-electron chi connectivity index (χ4n) is 3.38. The lowest BCUT2D eigenvalue weighted by molar-refractivity contribution is -0.132. The van der Waals surface area contributed by atoms with E-state index in [1.807, 2.05) is 5.38 Å². The lowest BCUT2D eigenvalue weighted by Crippen LogP contribution is -2.29. The predicted octanol–water partition coefficient (Wildman–Crippen LogP) is 5.18. The van der Waals surface area contributed by atoms with Crippen LogP contribution in [-0.4, -0.2) is 23.9 Å². The zero-order chi connectivity index (χ0) is 21.4. The highest BCUT2D eigenvalue weighted by atomic mass is 35.5. The van der Waals surface area contributed by atoms with Gasteiger partial charge in [0.05, 0.1) is 17.7 Å². The molecule has 0 radical (unpaired) electrons. The summed E-state index contributed by atoms with van der Waals surface area (Å²) in [6.45, 7) is 0. The van der Waals surface area contributed by atoms with Gasteiger partial charge in [0.15, 0.2) is 0 Å². The minimum atomic E-state index is -0.850. The molecule has 0 bridgehead atoms. The summed E-state index contributed by atoms with van der Waals surface area (Å²) < 4.78 is 18.6. The molecule has 1 amide bonds. The molecule has 30 heavy (non-hydrogen) atoms. The standard InChI is InChI=1S/C22H15ClFNO4S/c1-29-16-11-12(4-9-15(16)23)20(26)18-19(17-3-2-10-30-17)25(22(28)21(18)27)14-7-5-13(24)6-8-14/h2-11,19,26H,1H3/b20-18-. The Labute approximate surface area is 180 Å². The van der Waals surface area contributed by atoms with Crippen molar-refractivity contribution in [2.24, 2.45) is 0 Å². The van der Waals surface area contributed by atoms with Gasteiger partial charge < -0.3 is 9.84 Å². The average Bonchev–Trinajstić information content (AvgIpc) is 3.36. The number of aliphatic hydroxyl groups excluding tert-OH is 1. The second-order valence-electron chi connectivity index (χ2n) is 6.51. The Morgan fingerprint density at radius 3 is 2.53 bits per heavy atom. The number of hydrogen-bond acceptors (Lipinski definition) is 5. The Kier molecular flexibility index (Phi) is 5.32. The number of nitrogens with zero attached hydrogens (tertiary/aromatic N) is 1. The normalized spacial score (nSPS) is 18.1. The molecule has 1 atom stereocenters. The summed E-state index contributed by atoms with van der Waals surface area (Å²) in [6, 6.07) is 12.5. The molecule has 2 aromatic carbocycles. The fraction of sp³-hybridized carbons (Fsp3) is 0.0909. The van der Waals surface area contributed by atoms with Crippen molar-refractivity contribution in [2.45, 2.75) is 6.04 Å². The Bertz CT molecular complexity index is 1160. The lowest BCUT2D eigenvalue weighted by Gasteiger charge is -2.24. The molecule has 4 rings (SSSR count). The van der Waals surface area contributed by atoms with Crippen LogP contribution >= 0.6 is 22.9 Å². The van der Waals surface area contributed by atoms with Crippen LogP contribution in [0.1, 0.15) is 16.5 Å². The number of carbonyl (C=O) groups is 2. The topological polar surface area (TPSA) is 66.8 Å². The van der Waals surface area contributed by atoms with Gasteiger partial charge in [-0.25, -0.2) is 4.39 Å². The minimum Gasteiger partial charge on any atom is -0.507 e. The minimum absolute atomic E-state index is 0.0591. The van der Waals surface area contributed by atoms with Crippen LogP contribution in [0.5, 0.6) is 5.75 Å². The highest BCUT2D eigenvalue weighted by Gasteiger charge is 2.47. The number of benzene rings is 2. The van der Waals surface area contributed by atoms with Crippen LogP contribution < -0.4 is 9.64 Å². The van der Waals surface area contributed by atoms with Gasteiger partial charge in [0, 0.05) is 16.1 Å². The molecular formula is C22H15ClFNO4S. The zero-order valence-corrected chi connectivity index (χ0v) is 17.2. The summed E-state index contributed by atoms with van der Waals surface area (Å²) in [7, 11) is 1.43. The van der Waals surface area contributed by atoms with Crippen molar-refractivity contribution in [3.63, 3.8) is 0 Å². The van der Waals surface area contributed by atoms with Crippen molar-refractivity contribution in [1.29, 1.82) is 0 Å². The van der Waals surface area contributed by atoms with Crippen LogP contribution in [0.15, 0.2) is 65.6 Å². The van der Waals surface area contributed by atoms with Crippen LogP contribution in [0.2, 0.25) is 5.02 Å². The molecule has 1 fully saturated rings. The molecule has 0 spiro atoms. The number of ketones is 1. The fourth-order valence-corrected chi connectivity index (χ4v) is 4.40. The molecule has 1 N–H and O–H groups in total. The Morgan fingerprint density at radius 2 is 1.90 bits per heavy atom. The Hall–Kier alpha value is -3.16. The van der Waals surface area contributed by atoms with Crippen LogP contribution in [0.3, 0.4) is 0 Å². The van der Waals surface area contributed by atoms with Gasteiger partial charge in [0.2, 0.25) is 0 Å². The molecule has 3 aromatic rings. The summed E-state index contributed by atoms with van der Waals surface area (Å²) in [5.41, 5.74) is 0.579. The van der Waals surface area contributed by atoms with Crippen molar-refractivity contribution < 1.29 is 23.8 Å². The van der Waals surface area contributed by atoms with E-state index in [0.29, 0.717) is 21.3 Å². The molecule has 152 valence electrons. The second kappa shape index (κ2) is 7.93. The average molecular weight is 444 g/mol. The third-order valence-corrected chi connectivity index (χ3v) is 6.02. The number of methoxy groups -OCH3 is 1. The molecular weight excluding hydrogens is 429 g/mol. The largest absolute Gasteiger partial charge is 0.507 e. The highest BCUT2D eigenvalue weighted by Crippen LogP contribution is 2.44. The van der Waals surface area contributed by atoms with Crippen molar-refractivity contribution in [3.8, 4) is 5.75 Å². The van der Waals surface area contributed by atoms with E-state index in [1.165, 1.54) is 65.8 Å². The van der Waals surface area contributed by atoms with Crippen molar-refractivity contribution in [2.75, 3.05) is 12.0 Å². The molecule has 1 aliphatic heterocycles. The predicted molar refractivity (Wildman–Crippen MR) is 114 cm³/mol. The summed E-state index contributed by atoms with van der Waals surface area (Å²) in [6.07, 6.45) is 0. The van der Waals surface area contributed by atoms with Crippen molar-refractivity contribution in [3.05, 3.63) is 86.8 Å². The number of halogens is 2. The van der Waals surface area contributed by atoms with E-state index in [-0.39, 0.29) is 16.9 Å². The van der Waals surface area contributed by atoms with Crippen molar-refractivity contribution >= 4 is 46.1 Å². The molecule has 8 heteroatoms.